The molecule has 0 unspecified atom stereocenters. The maximum absolute atomic E-state index is 12.7. The quantitative estimate of drug-likeness (QED) is 0.804. The molecule has 1 N–H and O–H groups in total. The lowest BCUT2D eigenvalue weighted by Crippen LogP contribution is -2.04. The number of hydrogen-bond donors (Lipinski definition) is 1. The van der Waals surface area contributed by atoms with Gasteiger partial charge in [-0.3, -0.25) is 0 Å². The zero-order chi connectivity index (χ0) is 10.5. The first-order valence-electron chi connectivity index (χ1n) is 4.72. The van der Waals surface area contributed by atoms with E-state index in [1.807, 2.05) is 6.07 Å². The minimum Gasteiger partial charge on any atom is -0.385 e. The number of thiophene rings is 1. The molecule has 0 saturated carbocycles. The van der Waals surface area contributed by atoms with Gasteiger partial charge in [0.15, 0.2) is 0 Å². The Morgan fingerprint density at radius 3 is 3.07 bits per heavy atom. The third-order valence-corrected chi connectivity index (χ3v) is 2.94. The van der Waals surface area contributed by atoms with Crippen molar-refractivity contribution in [2.75, 3.05) is 11.9 Å². The molecule has 78 valence electrons. The van der Waals surface area contributed by atoms with Crippen LogP contribution in [0.5, 0.6) is 0 Å². The van der Waals surface area contributed by atoms with E-state index in [9.17, 15) is 4.39 Å². The smallest absolute Gasteiger partial charge is 0.214 e. The van der Waals surface area contributed by atoms with Gasteiger partial charge in [-0.1, -0.05) is 6.07 Å². The van der Waals surface area contributed by atoms with E-state index in [4.69, 9.17) is 0 Å². The van der Waals surface area contributed by atoms with Crippen molar-refractivity contribution < 1.29 is 4.39 Å². The molecular formula is C11H11FN2S. The van der Waals surface area contributed by atoms with Crippen LogP contribution in [0.1, 0.15) is 4.88 Å². The Kier molecular flexibility index (Phi) is 3.29. The summed E-state index contributed by atoms with van der Waals surface area (Å²) in [6.07, 6.45) is 2.42. The molecule has 2 nitrogen and oxygen atoms in total. The van der Waals surface area contributed by atoms with Crippen LogP contribution in [-0.2, 0) is 6.42 Å². The average Bonchev–Trinajstić information content (AvgIpc) is 2.71. The van der Waals surface area contributed by atoms with Crippen LogP contribution in [-0.4, -0.2) is 11.5 Å². The summed E-state index contributed by atoms with van der Waals surface area (Å²) in [6, 6.07) is 7.29. The van der Waals surface area contributed by atoms with Gasteiger partial charge >= 0.3 is 0 Å². The van der Waals surface area contributed by atoms with Gasteiger partial charge in [-0.2, -0.15) is 4.39 Å². The standard InChI is InChI=1S/C11H11FN2S/c12-11-8-9(3-5-14-11)13-6-4-10-2-1-7-15-10/h1-3,5,7-8H,4,6H2,(H,13,14). The fraction of sp³-hybridized carbons (Fsp3) is 0.182. The lowest BCUT2D eigenvalue weighted by Gasteiger charge is -2.04. The molecule has 2 aromatic rings. The Hall–Kier alpha value is -1.42. The summed E-state index contributed by atoms with van der Waals surface area (Å²) in [6.45, 7) is 0.809. The second-order valence-electron chi connectivity index (χ2n) is 3.12. The summed E-state index contributed by atoms with van der Waals surface area (Å²) < 4.78 is 12.7. The molecule has 0 aliphatic heterocycles. The molecule has 0 bridgehead atoms. The highest BCUT2D eigenvalue weighted by atomic mass is 32.1. The van der Waals surface area contributed by atoms with E-state index < -0.39 is 5.95 Å². The molecular weight excluding hydrogens is 211 g/mol. The van der Waals surface area contributed by atoms with E-state index in [-0.39, 0.29) is 0 Å². The van der Waals surface area contributed by atoms with E-state index in [0.29, 0.717) is 0 Å². The predicted molar refractivity (Wildman–Crippen MR) is 60.7 cm³/mol. The van der Waals surface area contributed by atoms with Crippen molar-refractivity contribution in [3.63, 3.8) is 0 Å². The van der Waals surface area contributed by atoms with Crippen molar-refractivity contribution >= 4 is 17.0 Å². The van der Waals surface area contributed by atoms with Crippen molar-refractivity contribution in [3.8, 4) is 0 Å². The largest absolute Gasteiger partial charge is 0.385 e. The monoisotopic (exact) mass is 222 g/mol. The number of hydrogen-bond acceptors (Lipinski definition) is 3. The fourth-order valence-electron chi connectivity index (χ4n) is 1.30. The zero-order valence-electron chi connectivity index (χ0n) is 8.11. The maximum Gasteiger partial charge on any atom is 0.214 e. The zero-order valence-corrected chi connectivity index (χ0v) is 8.93. The van der Waals surface area contributed by atoms with Gasteiger partial charge in [-0.15, -0.1) is 11.3 Å². The molecule has 0 amide bonds. The Labute approximate surface area is 91.8 Å². The summed E-state index contributed by atoms with van der Waals surface area (Å²) in [7, 11) is 0. The molecule has 2 rings (SSSR count). The van der Waals surface area contributed by atoms with Crippen LogP contribution in [0.2, 0.25) is 0 Å². The summed E-state index contributed by atoms with van der Waals surface area (Å²) in [5.74, 6) is -0.448. The lowest BCUT2D eigenvalue weighted by molar-refractivity contribution is 0.584. The van der Waals surface area contributed by atoms with Crippen LogP contribution in [0, 0.1) is 5.95 Å². The summed E-state index contributed by atoms with van der Waals surface area (Å²) >= 11 is 1.73. The molecule has 0 radical (unpaired) electrons. The van der Waals surface area contributed by atoms with Gasteiger partial charge in [-0.25, -0.2) is 4.98 Å². The SMILES string of the molecule is Fc1cc(NCCc2cccs2)ccn1. The molecule has 0 aliphatic rings. The van der Waals surface area contributed by atoms with E-state index in [1.165, 1.54) is 17.1 Å². The van der Waals surface area contributed by atoms with Crippen molar-refractivity contribution in [3.05, 3.63) is 46.7 Å². The third-order valence-electron chi connectivity index (χ3n) is 2.01. The van der Waals surface area contributed by atoms with E-state index in [1.54, 1.807) is 17.4 Å². The highest BCUT2D eigenvalue weighted by Crippen LogP contribution is 2.10. The Balaban J connectivity index is 1.83. The number of nitrogens with zero attached hydrogens (tertiary/aromatic N) is 1. The second kappa shape index (κ2) is 4.89. The first-order valence-corrected chi connectivity index (χ1v) is 5.60. The van der Waals surface area contributed by atoms with Crippen LogP contribution in [0.3, 0.4) is 0 Å². The fourth-order valence-corrected chi connectivity index (χ4v) is 2.01. The predicted octanol–water partition coefficient (Wildman–Crippen LogP) is 2.94. The van der Waals surface area contributed by atoms with Crippen LogP contribution in [0.25, 0.3) is 0 Å². The topological polar surface area (TPSA) is 24.9 Å². The molecule has 0 fully saturated rings. The van der Waals surface area contributed by atoms with Gasteiger partial charge in [0.25, 0.3) is 0 Å². The summed E-state index contributed by atoms with van der Waals surface area (Å²) in [5.41, 5.74) is 0.777. The van der Waals surface area contributed by atoms with E-state index in [2.05, 4.69) is 21.7 Å². The molecule has 2 heterocycles. The summed E-state index contributed by atoms with van der Waals surface area (Å²) in [4.78, 5) is 4.82. The normalized spacial score (nSPS) is 10.2. The van der Waals surface area contributed by atoms with Crippen LogP contribution < -0.4 is 5.32 Å². The minimum atomic E-state index is -0.448. The average molecular weight is 222 g/mol. The number of halogens is 1. The van der Waals surface area contributed by atoms with Gasteiger partial charge in [0, 0.05) is 29.4 Å². The Morgan fingerprint density at radius 2 is 2.33 bits per heavy atom. The van der Waals surface area contributed by atoms with Crippen LogP contribution in [0.4, 0.5) is 10.1 Å². The van der Waals surface area contributed by atoms with Gasteiger partial charge in [-0.05, 0) is 23.9 Å². The maximum atomic E-state index is 12.7. The first-order chi connectivity index (χ1) is 7.34. The molecule has 0 atom stereocenters. The van der Waals surface area contributed by atoms with Crippen LogP contribution >= 0.6 is 11.3 Å². The number of anilines is 1. The molecule has 0 aliphatic carbocycles. The second-order valence-corrected chi connectivity index (χ2v) is 4.16. The number of nitrogens with one attached hydrogen (secondary N) is 1. The molecule has 15 heavy (non-hydrogen) atoms. The Bertz CT molecular complexity index is 414. The van der Waals surface area contributed by atoms with Crippen molar-refractivity contribution in [1.29, 1.82) is 0 Å². The summed E-state index contributed by atoms with van der Waals surface area (Å²) in [5, 5.41) is 5.21. The van der Waals surface area contributed by atoms with E-state index >= 15 is 0 Å². The number of pyridine rings is 1. The number of rotatable bonds is 4. The van der Waals surface area contributed by atoms with Gasteiger partial charge in [0.1, 0.15) is 0 Å². The van der Waals surface area contributed by atoms with Crippen molar-refractivity contribution in [1.82, 2.24) is 4.98 Å². The molecule has 0 spiro atoms. The van der Waals surface area contributed by atoms with Crippen LogP contribution in [0.15, 0.2) is 35.8 Å². The van der Waals surface area contributed by atoms with Crippen molar-refractivity contribution in [2.24, 2.45) is 0 Å². The first kappa shape index (κ1) is 10.1. The van der Waals surface area contributed by atoms with Gasteiger partial charge in [0.2, 0.25) is 5.95 Å². The number of aromatic nitrogens is 1. The highest BCUT2D eigenvalue weighted by Gasteiger charge is 1.96. The van der Waals surface area contributed by atoms with Gasteiger partial charge < -0.3 is 5.32 Å². The highest BCUT2D eigenvalue weighted by molar-refractivity contribution is 7.09. The molecule has 0 saturated heterocycles. The Morgan fingerprint density at radius 1 is 1.40 bits per heavy atom. The minimum absolute atomic E-state index is 0.448. The molecule has 0 aromatic carbocycles. The van der Waals surface area contributed by atoms with Crippen molar-refractivity contribution in [2.45, 2.75) is 6.42 Å². The van der Waals surface area contributed by atoms with E-state index in [0.717, 1.165) is 18.7 Å². The lowest BCUT2D eigenvalue weighted by atomic mass is 10.3. The third kappa shape index (κ3) is 3.02. The molecule has 2 aromatic heterocycles. The van der Waals surface area contributed by atoms with Gasteiger partial charge in [0.05, 0.1) is 0 Å². The molecule has 4 heteroatoms.